The highest BCUT2D eigenvalue weighted by Crippen LogP contribution is 2.21. The van der Waals surface area contributed by atoms with E-state index >= 15 is 0 Å². The van der Waals surface area contributed by atoms with Crippen molar-refractivity contribution in [3.63, 3.8) is 0 Å². The van der Waals surface area contributed by atoms with Crippen molar-refractivity contribution in [2.45, 2.75) is 77.4 Å². The maximum Gasteiger partial charge on any atom is 0.325 e. The van der Waals surface area contributed by atoms with Crippen molar-refractivity contribution in [3.8, 4) is 0 Å². The third-order valence-corrected chi connectivity index (χ3v) is 4.91. The fourth-order valence-electron chi connectivity index (χ4n) is 3.42. The molecule has 2 saturated heterocycles. The molecule has 0 bridgehead atoms. The predicted octanol–water partition coefficient (Wildman–Crippen LogP) is 2.28. The molecule has 0 aliphatic carbocycles. The number of amides is 3. The number of carbonyl (C=O) groups is 2. The first-order valence-corrected chi connectivity index (χ1v) is 9.75. The number of hydrogen-bond donors (Lipinski definition) is 2. The normalized spacial score (nSPS) is 24.5. The Kier molecular flexibility index (Phi) is 7.52. The topological polar surface area (TPSA) is 77.0 Å². The van der Waals surface area contributed by atoms with E-state index in [1.807, 2.05) is 4.90 Å². The Labute approximate surface area is 151 Å². The fraction of sp³-hybridized carbons (Fsp3) is 0.833. The average molecular weight is 351 g/mol. The molecular formula is C18H33N5O2. The standard InChI is InChI=1S/C18H33N5O2/c1-4-6-7-8-9-10-11-13-23-14-15(20-17(23)19-12-5-2)22(3)18(25)21-16(14)24/h14-15H,4-13H2,1-3H3,(H,19,20)(H,21,24,25). The van der Waals surface area contributed by atoms with Crippen molar-refractivity contribution in [1.29, 1.82) is 0 Å². The first-order valence-electron chi connectivity index (χ1n) is 9.75. The molecule has 0 radical (unpaired) electrons. The number of rotatable bonds is 10. The van der Waals surface area contributed by atoms with Gasteiger partial charge in [-0.25, -0.2) is 4.79 Å². The Balaban J connectivity index is 1.94. The van der Waals surface area contributed by atoms with E-state index in [1.165, 1.54) is 32.1 Å². The molecule has 2 rings (SSSR count). The fourth-order valence-corrected chi connectivity index (χ4v) is 3.42. The summed E-state index contributed by atoms with van der Waals surface area (Å²) in [6, 6.07) is -0.746. The lowest BCUT2D eigenvalue weighted by molar-refractivity contribution is -0.127. The number of nitrogens with zero attached hydrogens (tertiary/aromatic N) is 3. The van der Waals surface area contributed by atoms with Gasteiger partial charge in [0.15, 0.2) is 12.0 Å². The molecule has 0 aromatic carbocycles. The van der Waals surface area contributed by atoms with E-state index in [-0.39, 0.29) is 18.1 Å². The van der Waals surface area contributed by atoms with Crippen LogP contribution in [0.15, 0.2) is 4.99 Å². The number of carbonyl (C=O) groups excluding carboxylic acids is 2. The second kappa shape index (κ2) is 9.63. The highest BCUT2D eigenvalue weighted by Gasteiger charge is 2.49. The van der Waals surface area contributed by atoms with Crippen molar-refractivity contribution in [3.05, 3.63) is 0 Å². The van der Waals surface area contributed by atoms with Gasteiger partial charge in [-0.1, -0.05) is 52.4 Å². The van der Waals surface area contributed by atoms with Crippen LogP contribution >= 0.6 is 0 Å². The van der Waals surface area contributed by atoms with Gasteiger partial charge in [0.1, 0.15) is 6.17 Å². The SMILES string of the molecule is CCCCCCCCCN1C(=NCCC)NC2C1C(=O)NC(=O)N2C. The molecule has 0 saturated carbocycles. The van der Waals surface area contributed by atoms with Gasteiger partial charge in [0.25, 0.3) is 5.91 Å². The van der Waals surface area contributed by atoms with Gasteiger partial charge in [0.2, 0.25) is 0 Å². The second-order valence-corrected chi connectivity index (χ2v) is 6.96. The van der Waals surface area contributed by atoms with Crippen molar-refractivity contribution < 1.29 is 9.59 Å². The van der Waals surface area contributed by atoms with Crippen molar-refractivity contribution in [2.75, 3.05) is 20.1 Å². The van der Waals surface area contributed by atoms with Crippen LogP contribution in [0, 0.1) is 0 Å². The van der Waals surface area contributed by atoms with E-state index in [9.17, 15) is 9.59 Å². The molecule has 7 nitrogen and oxygen atoms in total. The third-order valence-electron chi connectivity index (χ3n) is 4.91. The lowest BCUT2D eigenvalue weighted by atomic mass is 10.1. The number of fused-ring (bicyclic) bond motifs is 1. The van der Waals surface area contributed by atoms with Crippen LogP contribution in [0.2, 0.25) is 0 Å². The lowest BCUT2D eigenvalue weighted by Crippen LogP contribution is -2.64. The Hall–Kier alpha value is -1.79. The Morgan fingerprint density at radius 1 is 1.00 bits per heavy atom. The van der Waals surface area contributed by atoms with E-state index in [4.69, 9.17) is 0 Å². The summed E-state index contributed by atoms with van der Waals surface area (Å²) >= 11 is 0. The summed E-state index contributed by atoms with van der Waals surface area (Å²) in [5, 5.41) is 5.72. The van der Waals surface area contributed by atoms with Crippen molar-refractivity contribution in [2.24, 2.45) is 4.99 Å². The van der Waals surface area contributed by atoms with Gasteiger partial charge >= 0.3 is 6.03 Å². The Bertz CT molecular complexity index is 494. The lowest BCUT2D eigenvalue weighted by Gasteiger charge is -2.35. The number of unbranched alkanes of at least 4 members (excludes halogenated alkanes) is 6. The summed E-state index contributed by atoms with van der Waals surface area (Å²) in [6.45, 7) is 5.81. The molecule has 2 aliphatic heterocycles. The molecule has 0 aromatic rings. The minimum Gasteiger partial charge on any atom is -0.334 e. The molecule has 0 aromatic heterocycles. The molecule has 142 valence electrons. The van der Waals surface area contributed by atoms with E-state index in [2.05, 4.69) is 29.5 Å². The summed E-state index contributed by atoms with van der Waals surface area (Å²) in [7, 11) is 1.71. The Morgan fingerprint density at radius 2 is 1.68 bits per heavy atom. The number of aliphatic imine (C=N–C) groups is 1. The zero-order valence-electron chi connectivity index (χ0n) is 15.9. The number of guanidine groups is 1. The Morgan fingerprint density at radius 3 is 2.36 bits per heavy atom. The molecule has 25 heavy (non-hydrogen) atoms. The summed E-state index contributed by atoms with van der Waals surface area (Å²) in [5.74, 6) is 0.518. The minimum atomic E-state index is -0.390. The van der Waals surface area contributed by atoms with Gasteiger partial charge in [-0.05, 0) is 12.8 Å². The van der Waals surface area contributed by atoms with E-state index in [0.29, 0.717) is 6.54 Å². The van der Waals surface area contributed by atoms with Gasteiger partial charge in [-0.15, -0.1) is 0 Å². The van der Waals surface area contributed by atoms with E-state index in [1.54, 1.807) is 11.9 Å². The number of imide groups is 1. The maximum absolute atomic E-state index is 12.4. The second-order valence-electron chi connectivity index (χ2n) is 6.96. The summed E-state index contributed by atoms with van der Waals surface area (Å²) < 4.78 is 0. The van der Waals surface area contributed by atoms with Gasteiger partial charge in [0, 0.05) is 20.1 Å². The van der Waals surface area contributed by atoms with Crippen LogP contribution < -0.4 is 10.6 Å². The van der Waals surface area contributed by atoms with Crippen LogP contribution in [0.25, 0.3) is 0 Å². The monoisotopic (exact) mass is 351 g/mol. The van der Waals surface area contributed by atoms with Crippen molar-refractivity contribution >= 4 is 17.9 Å². The maximum atomic E-state index is 12.4. The van der Waals surface area contributed by atoms with Gasteiger partial charge in [0.05, 0.1) is 0 Å². The molecule has 3 amide bonds. The first kappa shape index (κ1) is 19.5. The smallest absolute Gasteiger partial charge is 0.325 e. The van der Waals surface area contributed by atoms with Crippen LogP contribution in [0.5, 0.6) is 0 Å². The van der Waals surface area contributed by atoms with Gasteiger partial charge in [-0.2, -0.15) is 0 Å². The molecule has 2 atom stereocenters. The predicted molar refractivity (Wildman–Crippen MR) is 99.3 cm³/mol. The summed E-state index contributed by atoms with van der Waals surface area (Å²) in [6.07, 6.45) is 9.23. The summed E-state index contributed by atoms with van der Waals surface area (Å²) in [4.78, 5) is 32.4. The van der Waals surface area contributed by atoms with Crippen LogP contribution in [0.1, 0.15) is 65.2 Å². The molecule has 2 unspecified atom stereocenters. The van der Waals surface area contributed by atoms with E-state index < -0.39 is 6.04 Å². The molecule has 0 spiro atoms. The zero-order chi connectivity index (χ0) is 18.2. The van der Waals surface area contributed by atoms with Crippen molar-refractivity contribution in [1.82, 2.24) is 20.4 Å². The van der Waals surface area contributed by atoms with Crippen LogP contribution in [-0.2, 0) is 4.79 Å². The first-order chi connectivity index (χ1) is 12.1. The number of urea groups is 1. The van der Waals surface area contributed by atoms with E-state index in [0.717, 1.165) is 31.8 Å². The molecule has 2 aliphatic rings. The highest BCUT2D eigenvalue weighted by atomic mass is 16.2. The zero-order valence-corrected chi connectivity index (χ0v) is 15.9. The quantitative estimate of drug-likeness (QED) is 0.592. The third kappa shape index (κ3) is 4.86. The van der Waals surface area contributed by atoms with Crippen LogP contribution in [0.3, 0.4) is 0 Å². The molecular weight excluding hydrogens is 318 g/mol. The van der Waals surface area contributed by atoms with Gasteiger partial charge in [-0.3, -0.25) is 15.1 Å². The van der Waals surface area contributed by atoms with Gasteiger partial charge < -0.3 is 15.1 Å². The number of nitrogens with one attached hydrogen (secondary N) is 2. The molecule has 2 heterocycles. The molecule has 2 N–H and O–H groups in total. The number of hydrogen-bond acceptors (Lipinski definition) is 3. The number of likely N-dealkylation sites (N-methyl/N-ethyl adjacent to an activating group) is 1. The largest absolute Gasteiger partial charge is 0.334 e. The minimum absolute atomic E-state index is 0.231. The summed E-state index contributed by atoms with van der Waals surface area (Å²) in [5.41, 5.74) is 0. The molecule has 2 fully saturated rings. The van der Waals surface area contributed by atoms with Crippen LogP contribution in [-0.4, -0.2) is 60.0 Å². The highest BCUT2D eigenvalue weighted by molar-refractivity contribution is 6.04. The average Bonchev–Trinajstić information content (AvgIpc) is 2.96. The molecule has 7 heteroatoms. The van der Waals surface area contributed by atoms with Crippen LogP contribution in [0.4, 0.5) is 4.79 Å².